The highest BCUT2D eigenvalue weighted by Gasteiger charge is 2.22. The quantitative estimate of drug-likeness (QED) is 0.244. The molecule has 1 heterocycles. The average molecular weight is 544 g/mol. The zero-order valence-electron chi connectivity index (χ0n) is 18.4. The number of nitro groups is 2. The summed E-state index contributed by atoms with van der Waals surface area (Å²) in [4.78, 5) is 44.9. The minimum Gasteiger partial charge on any atom is -0.455 e. The van der Waals surface area contributed by atoms with E-state index in [-0.39, 0.29) is 5.56 Å². The fourth-order valence-electron chi connectivity index (χ4n) is 2.93. The summed E-state index contributed by atoms with van der Waals surface area (Å²) >= 11 is 3.49. The second-order valence-corrected chi connectivity index (χ2v) is 8.22. The highest BCUT2D eigenvalue weighted by atomic mass is 79.9. The highest BCUT2D eigenvalue weighted by Crippen LogP contribution is 2.30. The van der Waals surface area contributed by atoms with E-state index in [9.17, 15) is 29.8 Å². The first kappa shape index (κ1) is 25.2. The van der Waals surface area contributed by atoms with Gasteiger partial charge in [-0.15, -0.1) is 0 Å². The molecular formula is C22H18BrN5O7. The van der Waals surface area contributed by atoms with Crippen LogP contribution in [-0.2, 0) is 4.79 Å². The van der Waals surface area contributed by atoms with Crippen molar-refractivity contribution in [2.24, 2.45) is 5.10 Å². The van der Waals surface area contributed by atoms with Crippen molar-refractivity contribution >= 4 is 45.3 Å². The Labute approximate surface area is 206 Å². The molecule has 1 aromatic heterocycles. The third-order valence-electron chi connectivity index (χ3n) is 4.71. The Morgan fingerprint density at radius 2 is 1.71 bits per heavy atom. The van der Waals surface area contributed by atoms with Gasteiger partial charge in [0.15, 0.2) is 0 Å². The zero-order valence-corrected chi connectivity index (χ0v) is 19.9. The normalized spacial score (nSPS) is 11.7. The van der Waals surface area contributed by atoms with E-state index in [0.717, 1.165) is 33.8 Å². The topological polar surface area (TPSA) is 170 Å². The van der Waals surface area contributed by atoms with Gasteiger partial charge in [-0.3, -0.25) is 29.8 Å². The molecule has 2 amide bonds. The summed E-state index contributed by atoms with van der Waals surface area (Å²) in [5.41, 5.74) is 2.59. The van der Waals surface area contributed by atoms with E-state index in [0.29, 0.717) is 11.5 Å². The number of nitro benzene ring substituents is 2. The molecule has 1 atom stereocenters. The Bertz CT molecular complexity index is 1320. The number of carbonyl (C=O) groups is 2. The van der Waals surface area contributed by atoms with E-state index in [4.69, 9.17) is 4.42 Å². The fourth-order valence-corrected chi connectivity index (χ4v) is 3.61. The van der Waals surface area contributed by atoms with Gasteiger partial charge in [-0.1, -0.05) is 22.0 Å². The standard InChI is InChI=1S/C22H18BrN5O7/c1-12-3-5-18(19(23)7-12)20-6-4-17(35-20)11-24-26-21(29)13(2)25-22(30)14-8-15(27(31)32)10-16(9-14)28(33)34/h3-11,13H,1-2H3,(H,25,30)(H,26,29)/b24-11-/t13-/m0/s1. The van der Waals surface area contributed by atoms with Crippen molar-refractivity contribution in [3.8, 4) is 11.3 Å². The number of hydrogen-bond donors (Lipinski definition) is 2. The summed E-state index contributed by atoms with van der Waals surface area (Å²) in [5.74, 6) is -0.630. The maximum atomic E-state index is 12.4. The number of non-ortho nitro benzene ring substituents is 2. The number of halogens is 1. The molecule has 0 saturated carbocycles. The summed E-state index contributed by atoms with van der Waals surface area (Å²) in [5, 5.41) is 28.1. The van der Waals surface area contributed by atoms with Crippen molar-refractivity contribution < 1.29 is 23.9 Å². The molecule has 0 unspecified atom stereocenters. The molecule has 0 aliphatic carbocycles. The summed E-state index contributed by atoms with van der Waals surface area (Å²) in [6.45, 7) is 3.32. The molecule has 0 spiro atoms. The van der Waals surface area contributed by atoms with Crippen LogP contribution in [0.25, 0.3) is 11.3 Å². The lowest BCUT2D eigenvalue weighted by Gasteiger charge is -2.12. The van der Waals surface area contributed by atoms with Crippen molar-refractivity contribution in [3.05, 3.63) is 90.1 Å². The Hall–Kier alpha value is -4.39. The first-order valence-electron chi connectivity index (χ1n) is 9.99. The van der Waals surface area contributed by atoms with Crippen molar-refractivity contribution in [2.75, 3.05) is 0 Å². The van der Waals surface area contributed by atoms with Crippen molar-refractivity contribution in [1.29, 1.82) is 0 Å². The maximum absolute atomic E-state index is 12.4. The molecule has 0 saturated heterocycles. The van der Waals surface area contributed by atoms with E-state index in [1.54, 1.807) is 12.1 Å². The van der Waals surface area contributed by atoms with Crippen molar-refractivity contribution in [3.63, 3.8) is 0 Å². The number of furan rings is 1. The fraction of sp³-hybridized carbons (Fsp3) is 0.136. The van der Waals surface area contributed by atoms with Crippen molar-refractivity contribution in [1.82, 2.24) is 10.7 Å². The van der Waals surface area contributed by atoms with Gasteiger partial charge >= 0.3 is 0 Å². The maximum Gasteiger partial charge on any atom is 0.277 e. The SMILES string of the molecule is Cc1ccc(-c2ccc(/C=N\NC(=O)[C@H](C)NC(=O)c3cc([N+](=O)[O-])cc([N+](=O)[O-])c3)o2)c(Br)c1. The molecular weight excluding hydrogens is 526 g/mol. The molecule has 12 nitrogen and oxygen atoms in total. The lowest BCUT2D eigenvalue weighted by Crippen LogP contribution is -2.43. The Balaban J connectivity index is 1.62. The first-order chi connectivity index (χ1) is 16.5. The number of benzene rings is 2. The van der Waals surface area contributed by atoms with Crippen LogP contribution in [-0.4, -0.2) is 33.9 Å². The molecule has 3 aromatic rings. The van der Waals surface area contributed by atoms with Gasteiger partial charge in [-0.2, -0.15) is 5.10 Å². The third kappa shape index (κ3) is 6.35. The second-order valence-electron chi connectivity index (χ2n) is 7.37. The first-order valence-corrected chi connectivity index (χ1v) is 10.8. The van der Waals surface area contributed by atoms with Gasteiger partial charge in [0.1, 0.15) is 17.6 Å². The van der Waals surface area contributed by atoms with Crippen LogP contribution in [0.5, 0.6) is 0 Å². The molecule has 0 aliphatic rings. The van der Waals surface area contributed by atoms with Gasteiger partial charge in [0.05, 0.1) is 27.7 Å². The summed E-state index contributed by atoms with van der Waals surface area (Å²) in [6, 6.07) is 10.6. The van der Waals surface area contributed by atoms with Gasteiger partial charge in [0, 0.05) is 22.2 Å². The number of hydrazone groups is 1. The predicted molar refractivity (Wildman–Crippen MR) is 129 cm³/mol. The average Bonchev–Trinajstić information content (AvgIpc) is 3.26. The second kappa shape index (κ2) is 10.7. The van der Waals surface area contributed by atoms with Gasteiger partial charge in [-0.25, -0.2) is 5.43 Å². The third-order valence-corrected chi connectivity index (χ3v) is 5.37. The largest absolute Gasteiger partial charge is 0.455 e. The van der Waals surface area contributed by atoms with E-state index in [2.05, 4.69) is 31.8 Å². The van der Waals surface area contributed by atoms with Crippen molar-refractivity contribution in [2.45, 2.75) is 19.9 Å². The minimum absolute atomic E-state index is 0.334. The molecule has 2 aromatic carbocycles. The van der Waals surface area contributed by atoms with Gasteiger partial charge in [-0.05, 0) is 43.7 Å². The van der Waals surface area contributed by atoms with Crippen LogP contribution in [0.1, 0.15) is 28.6 Å². The zero-order chi connectivity index (χ0) is 25.7. The molecule has 0 bridgehead atoms. The van der Waals surface area contributed by atoms with Gasteiger partial charge < -0.3 is 9.73 Å². The molecule has 0 radical (unpaired) electrons. The summed E-state index contributed by atoms with van der Waals surface area (Å²) in [7, 11) is 0. The van der Waals surface area contributed by atoms with E-state index in [1.165, 1.54) is 13.1 Å². The lowest BCUT2D eigenvalue weighted by atomic mass is 10.1. The molecule has 0 fully saturated rings. The highest BCUT2D eigenvalue weighted by molar-refractivity contribution is 9.10. The predicted octanol–water partition coefficient (Wildman–Crippen LogP) is 4.10. The number of amides is 2. The number of aryl methyl sites for hydroxylation is 1. The van der Waals surface area contributed by atoms with Crippen LogP contribution in [0, 0.1) is 27.2 Å². The summed E-state index contributed by atoms with van der Waals surface area (Å²) in [6.07, 6.45) is 1.28. The van der Waals surface area contributed by atoms with Crippen LogP contribution in [0.4, 0.5) is 11.4 Å². The monoisotopic (exact) mass is 543 g/mol. The number of nitrogens with one attached hydrogen (secondary N) is 2. The van der Waals surface area contributed by atoms with Gasteiger partial charge in [0.25, 0.3) is 23.2 Å². The number of rotatable bonds is 8. The number of carbonyl (C=O) groups excluding carboxylic acids is 2. The summed E-state index contributed by atoms with van der Waals surface area (Å²) < 4.78 is 6.57. The molecule has 13 heteroatoms. The van der Waals surface area contributed by atoms with Crippen LogP contribution in [0.3, 0.4) is 0 Å². The van der Waals surface area contributed by atoms with Crippen LogP contribution < -0.4 is 10.7 Å². The van der Waals surface area contributed by atoms with Crippen LogP contribution in [0.2, 0.25) is 0 Å². The van der Waals surface area contributed by atoms with E-state index in [1.807, 2.05) is 25.1 Å². The molecule has 35 heavy (non-hydrogen) atoms. The molecule has 0 aliphatic heterocycles. The smallest absolute Gasteiger partial charge is 0.277 e. The Morgan fingerprint density at radius 1 is 1.06 bits per heavy atom. The number of nitrogens with zero attached hydrogens (tertiary/aromatic N) is 3. The van der Waals surface area contributed by atoms with Crippen LogP contribution >= 0.6 is 15.9 Å². The Morgan fingerprint density at radius 3 is 2.31 bits per heavy atom. The molecule has 3 rings (SSSR count). The number of hydrogen-bond acceptors (Lipinski definition) is 8. The lowest BCUT2D eigenvalue weighted by molar-refractivity contribution is -0.394. The minimum atomic E-state index is -1.10. The Kier molecular flexibility index (Phi) is 7.71. The van der Waals surface area contributed by atoms with E-state index >= 15 is 0 Å². The molecule has 2 N–H and O–H groups in total. The molecule has 180 valence electrons. The van der Waals surface area contributed by atoms with Gasteiger partial charge in [0.2, 0.25) is 0 Å². The van der Waals surface area contributed by atoms with E-state index < -0.39 is 39.1 Å². The van der Waals surface area contributed by atoms with Crippen LogP contribution in [0.15, 0.2) is 62.5 Å².